The van der Waals surface area contributed by atoms with Crippen molar-refractivity contribution < 1.29 is 8.42 Å². The van der Waals surface area contributed by atoms with Crippen molar-refractivity contribution >= 4 is 44.1 Å². The number of rotatable bonds is 6. The number of pyridine rings is 1. The van der Waals surface area contributed by atoms with Crippen LogP contribution in [0, 0.1) is 5.92 Å². The van der Waals surface area contributed by atoms with E-state index in [1.807, 2.05) is 4.68 Å². The third kappa shape index (κ3) is 4.25. The highest BCUT2D eigenvalue weighted by Crippen LogP contribution is 2.27. The smallest absolute Gasteiger partial charge is 0.229 e. The Labute approximate surface area is 174 Å². The van der Waals surface area contributed by atoms with Gasteiger partial charge in [-0.15, -0.1) is 0 Å². The molecule has 8 nitrogen and oxygen atoms in total. The molecule has 10 heteroatoms. The summed E-state index contributed by atoms with van der Waals surface area (Å²) in [5.74, 6) is 0.987. The Hall–Kier alpha value is -2.52. The summed E-state index contributed by atoms with van der Waals surface area (Å²) in [6, 6.07) is 1.47. The quantitative estimate of drug-likeness (QED) is 0.624. The summed E-state index contributed by atoms with van der Waals surface area (Å²) < 4.78 is 25.7. The van der Waals surface area contributed by atoms with Gasteiger partial charge in [0, 0.05) is 18.1 Å². The van der Waals surface area contributed by atoms with E-state index in [0.29, 0.717) is 17.6 Å². The lowest BCUT2D eigenvalue weighted by Gasteiger charge is -2.21. The average molecular weight is 433 g/mol. The van der Waals surface area contributed by atoms with Crippen LogP contribution in [-0.2, 0) is 16.4 Å². The van der Waals surface area contributed by atoms with Crippen LogP contribution in [0.3, 0.4) is 0 Å². The van der Waals surface area contributed by atoms with Crippen molar-refractivity contribution in [2.45, 2.75) is 43.7 Å². The first-order valence-corrected chi connectivity index (χ1v) is 11.4. The first-order chi connectivity index (χ1) is 14.0. The molecule has 0 aliphatic heterocycles. The van der Waals surface area contributed by atoms with Gasteiger partial charge >= 0.3 is 0 Å². The summed E-state index contributed by atoms with van der Waals surface area (Å²) in [5, 5.41) is 8.95. The van der Waals surface area contributed by atoms with Crippen LogP contribution in [0.4, 0.5) is 11.6 Å². The molecule has 3 aromatic rings. The van der Waals surface area contributed by atoms with Gasteiger partial charge in [-0.05, 0) is 24.8 Å². The Bertz CT molecular complexity index is 1150. The number of fused-ring (bicyclic) bond motifs is 1. The van der Waals surface area contributed by atoms with Crippen molar-refractivity contribution in [3.05, 3.63) is 41.7 Å². The van der Waals surface area contributed by atoms with Crippen molar-refractivity contribution in [3.63, 3.8) is 0 Å². The van der Waals surface area contributed by atoms with Crippen LogP contribution < -0.4 is 5.32 Å². The zero-order valence-electron chi connectivity index (χ0n) is 15.8. The number of nitrogens with one attached hydrogen (secondary N) is 1. The van der Waals surface area contributed by atoms with Crippen LogP contribution >= 0.6 is 11.6 Å². The number of nitrogens with zero attached hydrogens (tertiary/aromatic N) is 5. The molecule has 0 bridgehead atoms. The lowest BCUT2D eigenvalue weighted by Crippen LogP contribution is -2.15. The van der Waals surface area contributed by atoms with E-state index in [2.05, 4.69) is 31.9 Å². The Balaban J connectivity index is 1.57. The van der Waals surface area contributed by atoms with Gasteiger partial charge in [0.1, 0.15) is 0 Å². The third-order valence-corrected chi connectivity index (χ3v) is 6.79. The molecule has 0 aromatic carbocycles. The van der Waals surface area contributed by atoms with Crippen molar-refractivity contribution in [1.82, 2.24) is 24.7 Å². The number of aromatic nitrogens is 5. The van der Waals surface area contributed by atoms with Gasteiger partial charge in [-0.3, -0.25) is 0 Å². The van der Waals surface area contributed by atoms with E-state index in [-0.39, 0.29) is 10.0 Å². The molecule has 0 amide bonds. The van der Waals surface area contributed by atoms with Gasteiger partial charge in [-0.25, -0.2) is 23.1 Å². The summed E-state index contributed by atoms with van der Waals surface area (Å²) in [5.41, 5.74) is 1.24. The van der Waals surface area contributed by atoms with Crippen LogP contribution in [0.15, 0.2) is 41.7 Å². The van der Waals surface area contributed by atoms with Crippen molar-refractivity contribution in [2.24, 2.45) is 5.92 Å². The molecule has 0 spiro atoms. The molecule has 1 aliphatic rings. The summed E-state index contributed by atoms with van der Waals surface area (Å²) in [6.45, 7) is 4.13. The SMILES string of the molecule is C=CS(=O)(=O)c1ncc(Nc2ncc3cnn(CC4CCCCC4)c3n2)cc1Cl. The first-order valence-electron chi connectivity index (χ1n) is 9.45. The number of hydrogen-bond donors (Lipinski definition) is 1. The normalized spacial score (nSPS) is 15.5. The second-order valence-corrected chi connectivity index (χ2v) is 9.37. The van der Waals surface area contributed by atoms with Gasteiger partial charge in [0.05, 0.1) is 28.5 Å². The second kappa shape index (κ2) is 8.08. The second-order valence-electron chi connectivity index (χ2n) is 7.15. The summed E-state index contributed by atoms with van der Waals surface area (Å²) in [6.07, 6.45) is 11.2. The maximum atomic E-state index is 11.9. The van der Waals surface area contributed by atoms with E-state index >= 15 is 0 Å². The topological polar surface area (TPSA) is 103 Å². The number of sulfone groups is 1. The van der Waals surface area contributed by atoms with Gasteiger partial charge in [0.2, 0.25) is 15.8 Å². The third-order valence-electron chi connectivity index (χ3n) is 5.08. The molecular formula is C19H21ClN6O2S. The zero-order chi connectivity index (χ0) is 20.4. The van der Waals surface area contributed by atoms with E-state index in [9.17, 15) is 8.42 Å². The van der Waals surface area contributed by atoms with Gasteiger partial charge in [0.15, 0.2) is 10.7 Å². The molecule has 0 saturated heterocycles. The Kier molecular flexibility index (Phi) is 5.51. The molecule has 3 heterocycles. The number of halogens is 1. The lowest BCUT2D eigenvalue weighted by molar-refractivity contribution is 0.311. The highest BCUT2D eigenvalue weighted by molar-refractivity contribution is 7.94. The molecule has 1 N–H and O–H groups in total. The van der Waals surface area contributed by atoms with E-state index in [1.54, 1.807) is 12.4 Å². The van der Waals surface area contributed by atoms with Gasteiger partial charge in [-0.2, -0.15) is 10.1 Å². The van der Waals surface area contributed by atoms with Crippen LogP contribution in [0.25, 0.3) is 11.0 Å². The molecule has 152 valence electrons. The molecule has 3 aromatic heterocycles. The predicted octanol–water partition coefficient (Wildman–Crippen LogP) is 4.12. The fourth-order valence-electron chi connectivity index (χ4n) is 3.59. The van der Waals surface area contributed by atoms with E-state index in [4.69, 9.17) is 11.6 Å². The zero-order valence-corrected chi connectivity index (χ0v) is 17.3. The molecule has 4 rings (SSSR count). The van der Waals surface area contributed by atoms with E-state index in [0.717, 1.165) is 23.0 Å². The maximum Gasteiger partial charge on any atom is 0.229 e. The Morgan fingerprint density at radius 1 is 1.21 bits per heavy atom. The van der Waals surface area contributed by atoms with Crippen LogP contribution in [-0.4, -0.2) is 33.2 Å². The molecule has 1 saturated carbocycles. The Morgan fingerprint density at radius 2 is 2.00 bits per heavy atom. The fourth-order valence-corrected chi connectivity index (χ4v) is 4.76. The molecule has 1 fully saturated rings. The van der Waals surface area contributed by atoms with Crippen molar-refractivity contribution in [2.75, 3.05) is 5.32 Å². The molecule has 0 unspecified atom stereocenters. The summed E-state index contributed by atoms with van der Waals surface area (Å²) in [7, 11) is -3.71. The minimum absolute atomic E-state index is 0.00156. The fraction of sp³-hybridized carbons (Fsp3) is 0.368. The monoisotopic (exact) mass is 432 g/mol. The van der Waals surface area contributed by atoms with Crippen LogP contribution in [0.5, 0.6) is 0 Å². The van der Waals surface area contributed by atoms with E-state index in [1.165, 1.54) is 44.4 Å². The number of anilines is 2. The van der Waals surface area contributed by atoms with Crippen molar-refractivity contribution in [3.8, 4) is 0 Å². The predicted molar refractivity (Wildman–Crippen MR) is 112 cm³/mol. The van der Waals surface area contributed by atoms with Gasteiger partial charge in [0.25, 0.3) is 0 Å². The minimum atomic E-state index is -3.71. The minimum Gasteiger partial charge on any atom is -0.323 e. The standard InChI is InChI=1S/C19H21ClN6O2S/c1-2-29(27,28)18-16(20)8-15(11-21-18)24-19-22-9-14-10-23-26(17(14)25-19)12-13-6-4-3-5-7-13/h2,8-11,13H,1,3-7,12H2,(H,22,24,25). The molecule has 29 heavy (non-hydrogen) atoms. The maximum absolute atomic E-state index is 11.9. The number of hydrogen-bond acceptors (Lipinski definition) is 7. The summed E-state index contributed by atoms with van der Waals surface area (Å²) >= 11 is 6.09. The van der Waals surface area contributed by atoms with Gasteiger partial charge < -0.3 is 5.32 Å². The first kappa shape index (κ1) is 19.8. The van der Waals surface area contributed by atoms with Crippen LogP contribution in [0.1, 0.15) is 32.1 Å². The lowest BCUT2D eigenvalue weighted by atomic mass is 9.89. The average Bonchev–Trinajstić information content (AvgIpc) is 3.11. The molecular weight excluding hydrogens is 412 g/mol. The van der Waals surface area contributed by atoms with Crippen LogP contribution in [0.2, 0.25) is 5.02 Å². The molecule has 1 aliphatic carbocycles. The molecule has 0 atom stereocenters. The van der Waals surface area contributed by atoms with E-state index < -0.39 is 9.84 Å². The largest absolute Gasteiger partial charge is 0.323 e. The van der Waals surface area contributed by atoms with Gasteiger partial charge in [-0.1, -0.05) is 37.4 Å². The molecule has 0 radical (unpaired) electrons. The highest BCUT2D eigenvalue weighted by atomic mass is 35.5. The Morgan fingerprint density at radius 3 is 2.72 bits per heavy atom. The summed E-state index contributed by atoms with van der Waals surface area (Å²) in [4.78, 5) is 12.8. The van der Waals surface area contributed by atoms with Crippen molar-refractivity contribution in [1.29, 1.82) is 0 Å². The highest BCUT2D eigenvalue weighted by Gasteiger charge is 2.18.